The van der Waals surface area contributed by atoms with Crippen LogP contribution in [0.25, 0.3) is 0 Å². The second-order valence-electron chi connectivity index (χ2n) is 4.42. The summed E-state index contributed by atoms with van der Waals surface area (Å²) in [7, 11) is 1.70. The lowest BCUT2D eigenvalue weighted by atomic mass is 10.2. The van der Waals surface area contributed by atoms with Crippen molar-refractivity contribution in [2.75, 3.05) is 7.05 Å². The summed E-state index contributed by atoms with van der Waals surface area (Å²) in [6.07, 6.45) is 1.75. The van der Waals surface area contributed by atoms with Gasteiger partial charge in [-0.2, -0.15) is 5.10 Å². The third-order valence-corrected chi connectivity index (χ3v) is 3.59. The Balaban J connectivity index is 2.15. The summed E-state index contributed by atoms with van der Waals surface area (Å²) < 4.78 is 1.74. The van der Waals surface area contributed by atoms with Crippen molar-refractivity contribution in [3.8, 4) is 0 Å². The van der Waals surface area contributed by atoms with Gasteiger partial charge >= 0.3 is 0 Å². The number of hydrogen-bond acceptors (Lipinski definition) is 2. The largest absolute Gasteiger partial charge is 0.336 e. The molecule has 1 amide bonds. The molecule has 0 unspecified atom stereocenters. The number of carbonyl (C=O) groups is 1. The molecule has 0 atom stereocenters. The fraction of sp³-hybridized carbons (Fsp3) is 0.286. The van der Waals surface area contributed by atoms with E-state index in [0.717, 1.165) is 6.54 Å². The molecule has 0 aliphatic carbocycles. The summed E-state index contributed by atoms with van der Waals surface area (Å²) in [5, 5.41) is 5.32. The zero-order valence-electron chi connectivity index (χ0n) is 11.3. The number of rotatable bonds is 4. The first kappa shape index (κ1) is 14.9. The molecule has 0 spiro atoms. The van der Waals surface area contributed by atoms with Crippen molar-refractivity contribution in [2.45, 2.75) is 20.0 Å². The standard InChI is InChI=1S/C14H15Cl2N3O/c1-3-19-8-12(16)13(17-19)9-18(2)14(20)10-6-4-5-7-11(10)15/h4-8H,3,9H2,1-2H3. The van der Waals surface area contributed by atoms with E-state index in [0.29, 0.717) is 27.8 Å². The van der Waals surface area contributed by atoms with Crippen LogP contribution in [0.2, 0.25) is 10.0 Å². The van der Waals surface area contributed by atoms with E-state index in [2.05, 4.69) is 5.10 Å². The van der Waals surface area contributed by atoms with Crippen LogP contribution in [-0.2, 0) is 13.1 Å². The molecule has 20 heavy (non-hydrogen) atoms. The van der Waals surface area contributed by atoms with E-state index in [1.165, 1.54) is 0 Å². The average Bonchev–Trinajstić information content (AvgIpc) is 2.79. The van der Waals surface area contributed by atoms with Gasteiger partial charge in [0.25, 0.3) is 5.91 Å². The Morgan fingerprint density at radius 1 is 1.30 bits per heavy atom. The topological polar surface area (TPSA) is 38.1 Å². The molecule has 1 heterocycles. The van der Waals surface area contributed by atoms with Gasteiger partial charge < -0.3 is 4.90 Å². The van der Waals surface area contributed by atoms with Crippen LogP contribution < -0.4 is 0 Å². The Labute approximate surface area is 127 Å². The molecule has 106 valence electrons. The summed E-state index contributed by atoms with van der Waals surface area (Å²) in [5.74, 6) is -0.155. The van der Waals surface area contributed by atoms with E-state index < -0.39 is 0 Å². The van der Waals surface area contributed by atoms with Gasteiger partial charge in [0.1, 0.15) is 5.69 Å². The lowest BCUT2D eigenvalue weighted by Crippen LogP contribution is -2.26. The first-order valence-electron chi connectivity index (χ1n) is 6.24. The maximum absolute atomic E-state index is 12.3. The molecule has 0 saturated heterocycles. The number of halogens is 2. The summed E-state index contributed by atoms with van der Waals surface area (Å²) in [6, 6.07) is 6.97. The fourth-order valence-electron chi connectivity index (χ4n) is 1.84. The van der Waals surface area contributed by atoms with Crippen LogP contribution >= 0.6 is 23.2 Å². The fourth-order valence-corrected chi connectivity index (χ4v) is 2.27. The second-order valence-corrected chi connectivity index (χ2v) is 5.23. The van der Waals surface area contributed by atoms with Crippen LogP contribution in [0.1, 0.15) is 23.0 Å². The van der Waals surface area contributed by atoms with Gasteiger partial charge in [-0.25, -0.2) is 0 Å². The highest BCUT2D eigenvalue weighted by Crippen LogP contribution is 2.19. The van der Waals surface area contributed by atoms with Crippen molar-refractivity contribution in [3.63, 3.8) is 0 Å². The highest BCUT2D eigenvalue weighted by molar-refractivity contribution is 6.33. The molecular weight excluding hydrogens is 297 g/mol. The number of benzene rings is 1. The van der Waals surface area contributed by atoms with Gasteiger partial charge in [0.05, 0.1) is 22.2 Å². The summed E-state index contributed by atoms with van der Waals surface area (Å²) >= 11 is 12.1. The van der Waals surface area contributed by atoms with Crippen LogP contribution in [-0.4, -0.2) is 27.6 Å². The lowest BCUT2D eigenvalue weighted by molar-refractivity contribution is 0.0783. The molecule has 0 radical (unpaired) electrons. The molecule has 6 heteroatoms. The predicted octanol–water partition coefficient (Wildman–Crippen LogP) is 3.48. The quantitative estimate of drug-likeness (QED) is 0.867. The summed E-state index contributed by atoms with van der Waals surface area (Å²) in [6.45, 7) is 3.06. The van der Waals surface area contributed by atoms with Gasteiger partial charge in [0.2, 0.25) is 0 Å². The maximum atomic E-state index is 12.3. The van der Waals surface area contributed by atoms with Gasteiger partial charge in [0, 0.05) is 19.8 Å². The Kier molecular flexibility index (Phi) is 4.68. The number of nitrogens with zero attached hydrogens (tertiary/aromatic N) is 3. The van der Waals surface area contributed by atoms with E-state index in [9.17, 15) is 4.79 Å². The maximum Gasteiger partial charge on any atom is 0.255 e. The molecule has 2 rings (SSSR count). The van der Waals surface area contributed by atoms with Gasteiger partial charge in [-0.3, -0.25) is 9.48 Å². The first-order valence-corrected chi connectivity index (χ1v) is 7.00. The van der Waals surface area contributed by atoms with Crippen molar-refractivity contribution in [3.05, 3.63) is 51.8 Å². The van der Waals surface area contributed by atoms with Gasteiger partial charge in [-0.05, 0) is 19.1 Å². The normalized spacial score (nSPS) is 10.6. The number of amides is 1. The Bertz CT molecular complexity index is 625. The van der Waals surface area contributed by atoms with E-state index in [-0.39, 0.29) is 5.91 Å². The molecular formula is C14H15Cl2N3O. The summed E-state index contributed by atoms with van der Waals surface area (Å²) in [5.41, 5.74) is 1.15. The highest BCUT2D eigenvalue weighted by Gasteiger charge is 2.17. The molecule has 0 aliphatic rings. The zero-order valence-corrected chi connectivity index (χ0v) is 12.8. The molecule has 1 aromatic heterocycles. The first-order chi connectivity index (χ1) is 9.52. The molecule has 0 N–H and O–H groups in total. The monoisotopic (exact) mass is 311 g/mol. The number of aromatic nitrogens is 2. The van der Waals surface area contributed by atoms with E-state index in [1.54, 1.807) is 47.1 Å². The van der Waals surface area contributed by atoms with Crippen LogP contribution in [0, 0.1) is 0 Å². The smallest absolute Gasteiger partial charge is 0.255 e. The van der Waals surface area contributed by atoms with Crippen molar-refractivity contribution < 1.29 is 4.79 Å². The lowest BCUT2D eigenvalue weighted by Gasteiger charge is -2.16. The third-order valence-electron chi connectivity index (χ3n) is 2.95. The third kappa shape index (κ3) is 3.14. The molecule has 0 saturated carbocycles. The predicted molar refractivity (Wildman–Crippen MR) is 80.2 cm³/mol. The Morgan fingerprint density at radius 3 is 2.60 bits per heavy atom. The van der Waals surface area contributed by atoms with Crippen LogP contribution in [0.15, 0.2) is 30.5 Å². The van der Waals surface area contributed by atoms with Crippen LogP contribution in [0.3, 0.4) is 0 Å². The minimum absolute atomic E-state index is 0.155. The average molecular weight is 312 g/mol. The molecule has 1 aromatic carbocycles. The van der Waals surface area contributed by atoms with Crippen molar-refractivity contribution in [1.82, 2.24) is 14.7 Å². The number of aryl methyl sites for hydroxylation is 1. The Hall–Kier alpha value is -1.52. The van der Waals surface area contributed by atoms with E-state index in [1.807, 2.05) is 6.92 Å². The summed E-state index contributed by atoms with van der Waals surface area (Å²) in [4.78, 5) is 13.9. The van der Waals surface area contributed by atoms with Crippen molar-refractivity contribution >= 4 is 29.1 Å². The SMILES string of the molecule is CCn1cc(Cl)c(CN(C)C(=O)c2ccccc2Cl)n1. The highest BCUT2D eigenvalue weighted by atomic mass is 35.5. The molecule has 0 fully saturated rings. The minimum Gasteiger partial charge on any atom is -0.336 e. The van der Waals surface area contributed by atoms with Crippen molar-refractivity contribution in [2.24, 2.45) is 0 Å². The van der Waals surface area contributed by atoms with E-state index in [4.69, 9.17) is 23.2 Å². The van der Waals surface area contributed by atoms with Crippen molar-refractivity contribution in [1.29, 1.82) is 0 Å². The van der Waals surface area contributed by atoms with Crippen LogP contribution in [0.4, 0.5) is 0 Å². The van der Waals surface area contributed by atoms with Crippen LogP contribution in [0.5, 0.6) is 0 Å². The zero-order chi connectivity index (χ0) is 14.7. The van der Waals surface area contributed by atoms with E-state index >= 15 is 0 Å². The van der Waals surface area contributed by atoms with Gasteiger partial charge in [0.15, 0.2) is 0 Å². The Morgan fingerprint density at radius 2 is 2.00 bits per heavy atom. The molecule has 0 aliphatic heterocycles. The molecule has 2 aromatic rings. The van der Waals surface area contributed by atoms with Gasteiger partial charge in [-0.15, -0.1) is 0 Å². The number of carbonyl (C=O) groups excluding carboxylic acids is 1. The molecule has 0 bridgehead atoms. The molecule has 4 nitrogen and oxygen atoms in total. The second kappa shape index (κ2) is 6.29. The van der Waals surface area contributed by atoms with Gasteiger partial charge in [-0.1, -0.05) is 35.3 Å². The minimum atomic E-state index is -0.155. The number of hydrogen-bond donors (Lipinski definition) is 0.